The highest BCUT2D eigenvalue weighted by atomic mass is 16.5. The van der Waals surface area contributed by atoms with Gasteiger partial charge in [0.15, 0.2) is 5.82 Å². The van der Waals surface area contributed by atoms with Crippen molar-refractivity contribution in [2.24, 2.45) is 0 Å². The molecule has 0 radical (unpaired) electrons. The second-order valence-electron chi connectivity index (χ2n) is 7.07. The second-order valence-corrected chi connectivity index (χ2v) is 7.07. The van der Waals surface area contributed by atoms with E-state index in [4.69, 9.17) is 14.0 Å². The number of ether oxygens (including phenoxy) is 2. The Labute approximate surface area is 153 Å². The summed E-state index contributed by atoms with van der Waals surface area (Å²) >= 11 is 0. The average molecular weight is 361 g/mol. The fraction of sp³-hybridized carbons (Fsp3) is 0.722. The fourth-order valence-corrected chi connectivity index (χ4v) is 3.84. The third-order valence-corrected chi connectivity index (χ3v) is 5.29. The van der Waals surface area contributed by atoms with E-state index in [9.17, 15) is 0 Å². The molecular formula is C18H27N5O3. The lowest BCUT2D eigenvalue weighted by atomic mass is 9.96. The van der Waals surface area contributed by atoms with Gasteiger partial charge in [-0.05, 0) is 38.8 Å². The Hall–Kier alpha value is -1.77. The third kappa shape index (κ3) is 3.97. The lowest BCUT2D eigenvalue weighted by Crippen LogP contribution is -2.33. The van der Waals surface area contributed by atoms with E-state index >= 15 is 0 Å². The molecule has 2 aliphatic rings. The molecule has 4 rings (SSSR count). The first-order chi connectivity index (χ1) is 12.8. The Morgan fingerprint density at radius 3 is 2.92 bits per heavy atom. The molecule has 142 valence electrons. The van der Waals surface area contributed by atoms with Crippen LogP contribution in [0.5, 0.6) is 0 Å². The average Bonchev–Trinajstić information content (AvgIpc) is 3.41. The van der Waals surface area contributed by atoms with Gasteiger partial charge in [-0.3, -0.25) is 4.90 Å². The molecule has 0 bridgehead atoms. The number of aromatic nitrogens is 4. The fourth-order valence-electron chi connectivity index (χ4n) is 3.84. The normalized spacial score (nSPS) is 22.3. The summed E-state index contributed by atoms with van der Waals surface area (Å²) in [7, 11) is 1.73. The number of hydrogen-bond acceptors (Lipinski definition) is 7. The molecule has 1 atom stereocenters. The summed E-state index contributed by atoms with van der Waals surface area (Å²) in [4.78, 5) is 11.5. The van der Waals surface area contributed by atoms with Gasteiger partial charge in [-0.15, -0.1) is 0 Å². The van der Waals surface area contributed by atoms with Crippen LogP contribution in [0, 0.1) is 0 Å². The minimum atomic E-state index is -0.00653. The Balaban J connectivity index is 1.29. The van der Waals surface area contributed by atoms with Gasteiger partial charge >= 0.3 is 0 Å². The van der Waals surface area contributed by atoms with Crippen LogP contribution < -0.4 is 0 Å². The summed E-state index contributed by atoms with van der Waals surface area (Å²) in [6.07, 6.45) is 8.17. The van der Waals surface area contributed by atoms with E-state index in [0.29, 0.717) is 18.4 Å². The summed E-state index contributed by atoms with van der Waals surface area (Å²) in [6.45, 7) is 5.14. The predicted octanol–water partition coefficient (Wildman–Crippen LogP) is 2.14. The third-order valence-electron chi connectivity index (χ3n) is 5.29. The topological polar surface area (TPSA) is 78.4 Å². The van der Waals surface area contributed by atoms with E-state index in [2.05, 4.69) is 24.6 Å². The number of methoxy groups -OCH3 is 1. The van der Waals surface area contributed by atoms with Crippen LogP contribution in [-0.4, -0.2) is 58.0 Å². The van der Waals surface area contributed by atoms with E-state index in [1.807, 2.05) is 12.4 Å². The SMILES string of the molecule is COCCn1ccnc1C1CCN(Cc2noc(C3CCCO3)n2)CC1. The van der Waals surface area contributed by atoms with E-state index in [1.165, 1.54) is 5.82 Å². The van der Waals surface area contributed by atoms with Gasteiger partial charge in [0.1, 0.15) is 11.9 Å². The highest BCUT2D eigenvalue weighted by Crippen LogP contribution is 2.29. The molecule has 0 N–H and O–H groups in total. The molecule has 8 nitrogen and oxygen atoms in total. The largest absolute Gasteiger partial charge is 0.383 e. The zero-order valence-corrected chi connectivity index (χ0v) is 15.3. The molecule has 2 aliphatic heterocycles. The van der Waals surface area contributed by atoms with Crippen molar-refractivity contribution in [2.45, 2.75) is 50.8 Å². The van der Waals surface area contributed by atoms with Crippen LogP contribution in [0.3, 0.4) is 0 Å². The molecule has 0 spiro atoms. The molecule has 4 heterocycles. The maximum absolute atomic E-state index is 5.61. The molecule has 0 amide bonds. The Morgan fingerprint density at radius 1 is 1.27 bits per heavy atom. The Morgan fingerprint density at radius 2 is 2.15 bits per heavy atom. The van der Waals surface area contributed by atoms with E-state index in [-0.39, 0.29) is 6.10 Å². The van der Waals surface area contributed by atoms with Crippen molar-refractivity contribution in [3.63, 3.8) is 0 Å². The zero-order chi connectivity index (χ0) is 17.8. The van der Waals surface area contributed by atoms with Crippen LogP contribution in [0.1, 0.15) is 55.2 Å². The van der Waals surface area contributed by atoms with Crippen molar-refractivity contribution >= 4 is 0 Å². The smallest absolute Gasteiger partial charge is 0.255 e. The maximum atomic E-state index is 5.61. The van der Waals surface area contributed by atoms with Crippen molar-refractivity contribution in [3.05, 3.63) is 29.9 Å². The lowest BCUT2D eigenvalue weighted by Gasteiger charge is -2.31. The molecule has 2 saturated heterocycles. The number of hydrogen-bond donors (Lipinski definition) is 0. The quantitative estimate of drug-likeness (QED) is 0.747. The number of nitrogens with zero attached hydrogens (tertiary/aromatic N) is 5. The number of rotatable bonds is 7. The Bertz CT molecular complexity index is 687. The highest BCUT2D eigenvalue weighted by molar-refractivity contribution is 5.03. The number of piperidine rings is 1. The molecular weight excluding hydrogens is 334 g/mol. The summed E-state index contributed by atoms with van der Waals surface area (Å²) in [5.41, 5.74) is 0. The Kier molecular flexibility index (Phi) is 5.62. The monoisotopic (exact) mass is 361 g/mol. The van der Waals surface area contributed by atoms with Gasteiger partial charge in [0, 0.05) is 38.6 Å². The minimum absolute atomic E-state index is 0.00653. The minimum Gasteiger partial charge on any atom is -0.383 e. The van der Waals surface area contributed by atoms with Gasteiger partial charge in [0.05, 0.1) is 13.2 Å². The van der Waals surface area contributed by atoms with Crippen LogP contribution in [-0.2, 0) is 22.6 Å². The standard InChI is InChI=1S/C18H27N5O3/c1-24-12-10-23-9-6-19-17(23)14-4-7-22(8-5-14)13-16-20-18(26-21-16)15-3-2-11-25-15/h6,9,14-15H,2-5,7-8,10-13H2,1H3. The molecule has 26 heavy (non-hydrogen) atoms. The summed E-state index contributed by atoms with van der Waals surface area (Å²) in [6, 6.07) is 0. The number of likely N-dealkylation sites (tertiary alicyclic amines) is 1. The van der Waals surface area contributed by atoms with E-state index < -0.39 is 0 Å². The molecule has 8 heteroatoms. The summed E-state index contributed by atoms with van der Waals surface area (Å²) < 4.78 is 18.4. The van der Waals surface area contributed by atoms with Crippen LogP contribution in [0.2, 0.25) is 0 Å². The van der Waals surface area contributed by atoms with E-state index in [0.717, 1.165) is 64.3 Å². The van der Waals surface area contributed by atoms with Crippen LogP contribution in [0.4, 0.5) is 0 Å². The lowest BCUT2D eigenvalue weighted by molar-refractivity contribution is 0.0835. The molecule has 2 aromatic rings. The van der Waals surface area contributed by atoms with Gasteiger partial charge < -0.3 is 18.6 Å². The maximum Gasteiger partial charge on any atom is 0.255 e. The molecule has 0 saturated carbocycles. The van der Waals surface area contributed by atoms with Crippen molar-refractivity contribution in [2.75, 3.05) is 33.4 Å². The summed E-state index contributed by atoms with van der Waals surface area (Å²) in [5.74, 6) is 3.08. The predicted molar refractivity (Wildman–Crippen MR) is 93.6 cm³/mol. The molecule has 1 unspecified atom stereocenters. The van der Waals surface area contributed by atoms with Crippen molar-refractivity contribution < 1.29 is 14.0 Å². The van der Waals surface area contributed by atoms with Crippen LogP contribution in [0.25, 0.3) is 0 Å². The first-order valence-corrected chi connectivity index (χ1v) is 9.50. The molecule has 2 aromatic heterocycles. The van der Waals surface area contributed by atoms with Crippen LogP contribution in [0.15, 0.2) is 16.9 Å². The number of imidazole rings is 1. The van der Waals surface area contributed by atoms with Gasteiger partial charge in [-0.1, -0.05) is 5.16 Å². The molecule has 0 aliphatic carbocycles. The van der Waals surface area contributed by atoms with Gasteiger partial charge in [0.2, 0.25) is 0 Å². The van der Waals surface area contributed by atoms with Crippen LogP contribution >= 0.6 is 0 Å². The van der Waals surface area contributed by atoms with Gasteiger partial charge in [-0.25, -0.2) is 4.98 Å². The van der Waals surface area contributed by atoms with Crippen molar-refractivity contribution in [1.29, 1.82) is 0 Å². The van der Waals surface area contributed by atoms with Gasteiger partial charge in [0.25, 0.3) is 5.89 Å². The molecule has 0 aromatic carbocycles. The highest BCUT2D eigenvalue weighted by Gasteiger charge is 2.27. The van der Waals surface area contributed by atoms with Crippen molar-refractivity contribution in [1.82, 2.24) is 24.6 Å². The first-order valence-electron chi connectivity index (χ1n) is 9.50. The van der Waals surface area contributed by atoms with Crippen molar-refractivity contribution in [3.8, 4) is 0 Å². The summed E-state index contributed by atoms with van der Waals surface area (Å²) in [5, 5.41) is 4.13. The molecule has 2 fully saturated rings. The second kappa shape index (κ2) is 8.28. The zero-order valence-electron chi connectivity index (χ0n) is 15.3. The first kappa shape index (κ1) is 17.6. The van der Waals surface area contributed by atoms with E-state index in [1.54, 1.807) is 7.11 Å². The van der Waals surface area contributed by atoms with Gasteiger partial charge in [-0.2, -0.15) is 4.98 Å².